The van der Waals surface area contributed by atoms with Crippen LogP contribution < -0.4 is 10.6 Å². The minimum Gasteiger partial charge on any atom is -0.355 e. The summed E-state index contributed by atoms with van der Waals surface area (Å²) in [4.78, 5) is 24.6. The summed E-state index contributed by atoms with van der Waals surface area (Å²) in [6, 6.07) is 4.63. The molecule has 0 atom stereocenters. The van der Waals surface area contributed by atoms with E-state index in [1.54, 1.807) is 19.1 Å². The van der Waals surface area contributed by atoms with Gasteiger partial charge in [-0.05, 0) is 40.5 Å². The third-order valence-electron chi connectivity index (χ3n) is 3.30. The van der Waals surface area contributed by atoms with Gasteiger partial charge in [-0.25, -0.2) is 8.78 Å². The number of benzene rings is 1. The van der Waals surface area contributed by atoms with Gasteiger partial charge in [-0.1, -0.05) is 15.9 Å². The van der Waals surface area contributed by atoms with Crippen molar-refractivity contribution in [1.29, 1.82) is 0 Å². The highest BCUT2D eigenvalue weighted by atomic mass is 79.9. The van der Waals surface area contributed by atoms with Crippen LogP contribution in [0.2, 0.25) is 0 Å². The number of anilines is 1. The molecule has 2 amide bonds. The van der Waals surface area contributed by atoms with E-state index in [0.717, 1.165) is 4.68 Å². The predicted octanol–water partition coefficient (Wildman–Crippen LogP) is 3.59. The molecule has 0 saturated heterocycles. The van der Waals surface area contributed by atoms with Gasteiger partial charge in [-0.15, -0.1) is 0 Å². The molecule has 2 aromatic rings. The van der Waals surface area contributed by atoms with Gasteiger partial charge in [0.1, 0.15) is 16.8 Å². The van der Waals surface area contributed by atoms with Gasteiger partial charge >= 0.3 is 0 Å². The Balaban J connectivity index is 2.40. The summed E-state index contributed by atoms with van der Waals surface area (Å²) in [5, 5.41) is 8.94. The van der Waals surface area contributed by atoms with E-state index in [1.807, 2.05) is 0 Å². The fraction of sp³-hybridized carbons (Fsp3) is 0.267. The maximum atomic E-state index is 12.7. The first-order valence-electron chi connectivity index (χ1n) is 7.08. The van der Waals surface area contributed by atoms with E-state index in [4.69, 9.17) is 0 Å². The van der Waals surface area contributed by atoms with E-state index in [2.05, 4.69) is 47.6 Å². The van der Waals surface area contributed by atoms with Crippen molar-refractivity contribution in [2.75, 3.05) is 12.4 Å². The molecule has 10 heteroatoms. The molecular weight excluding hydrogens is 466 g/mol. The molecule has 0 radical (unpaired) electrons. The number of carbonyl (C=O) groups is 2. The standard InChI is InChI=1S/C15H14Br2F2N4O2/c1-7-3-8(16)4-9(14(24)20-2)13(7)21-15(25)10-5-11(17)22-23(10)6-12(18)19/h3-5,12H,6H2,1-2H3,(H,20,24)(H,21,25). The average molecular weight is 480 g/mol. The van der Waals surface area contributed by atoms with Crippen LogP contribution in [-0.4, -0.2) is 35.1 Å². The minimum atomic E-state index is -2.66. The Bertz CT molecular complexity index is 824. The highest BCUT2D eigenvalue weighted by Gasteiger charge is 2.21. The van der Waals surface area contributed by atoms with Crippen LogP contribution in [0, 0.1) is 6.92 Å². The molecule has 0 saturated carbocycles. The second kappa shape index (κ2) is 8.05. The molecule has 2 rings (SSSR count). The highest BCUT2D eigenvalue weighted by Crippen LogP contribution is 2.27. The van der Waals surface area contributed by atoms with E-state index < -0.39 is 18.9 Å². The van der Waals surface area contributed by atoms with Crippen LogP contribution in [0.25, 0.3) is 0 Å². The Hall–Kier alpha value is -1.81. The SMILES string of the molecule is CNC(=O)c1cc(Br)cc(C)c1NC(=O)c1cc(Br)nn1CC(F)F. The monoisotopic (exact) mass is 478 g/mol. The van der Waals surface area contributed by atoms with Crippen LogP contribution in [0.5, 0.6) is 0 Å². The molecule has 1 aromatic heterocycles. The molecule has 134 valence electrons. The van der Waals surface area contributed by atoms with Gasteiger partial charge in [-0.3, -0.25) is 14.3 Å². The van der Waals surface area contributed by atoms with E-state index >= 15 is 0 Å². The Labute approximate surface area is 159 Å². The van der Waals surface area contributed by atoms with Crippen molar-refractivity contribution >= 4 is 49.4 Å². The molecule has 0 aliphatic heterocycles. The van der Waals surface area contributed by atoms with Crippen molar-refractivity contribution < 1.29 is 18.4 Å². The molecule has 0 aliphatic rings. The number of rotatable bonds is 5. The van der Waals surface area contributed by atoms with Crippen LogP contribution >= 0.6 is 31.9 Å². The maximum Gasteiger partial charge on any atom is 0.274 e. The highest BCUT2D eigenvalue weighted by molar-refractivity contribution is 9.10. The van der Waals surface area contributed by atoms with Crippen LogP contribution in [-0.2, 0) is 6.54 Å². The first-order chi connectivity index (χ1) is 11.7. The summed E-state index contributed by atoms with van der Waals surface area (Å²) >= 11 is 6.37. The number of alkyl halides is 2. The Morgan fingerprint density at radius 3 is 2.52 bits per heavy atom. The summed E-state index contributed by atoms with van der Waals surface area (Å²) in [5.74, 6) is -1.03. The van der Waals surface area contributed by atoms with E-state index in [9.17, 15) is 18.4 Å². The predicted molar refractivity (Wildman–Crippen MR) is 96.2 cm³/mol. The number of nitrogens with one attached hydrogen (secondary N) is 2. The lowest BCUT2D eigenvalue weighted by Crippen LogP contribution is -2.24. The topological polar surface area (TPSA) is 76.0 Å². The number of nitrogens with zero attached hydrogens (tertiary/aromatic N) is 2. The minimum absolute atomic E-state index is 0.0441. The van der Waals surface area contributed by atoms with Gasteiger partial charge < -0.3 is 10.6 Å². The third kappa shape index (κ3) is 4.63. The number of aromatic nitrogens is 2. The molecule has 2 N–H and O–H groups in total. The first kappa shape index (κ1) is 19.5. The van der Waals surface area contributed by atoms with Crippen molar-refractivity contribution in [3.63, 3.8) is 0 Å². The average Bonchev–Trinajstić information content (AvgIpc) is 2.88. The number of carbonyl (C=O) groups excluding carboxylic acids is 2. The smallest absolute Gasteiger partial charge is 0.274 e. The molecule has 0 unspecified atom stereocenters. The summed E-state index contributed by atoms with van der Waals surface area (Å²) in [6.45, 7) is 1.01. The summed E-state index contributed by atoms with van der Waals surface area (Å²) in [5.41, 5.74) is 1.15. The zero-order valence-electron chi connectivity index (χ0n) is 13.2. The zero-order valence-corrected chi connectivity index (χ0v) is 16.4. The van der Waals surface area contributed by atoms with Gasteiger partial charge in [-0.2, -0.15) is 5.10 Å². The lowest BCUT2D eigenvalue weighted by atomic mass is 10.1. The Kier molecular flexibility index (Phi) is 6.28. The molecule has 1 aromatic carbocycles. The molecule has 0 fully saturated rings. The number of hydrogen-bond acceptors (Lipinski definition) is 3. The van der Waals surface area contributed by atoms with Gasteiger partial charge in [0.05, 0.1) is 11.3 Å². The van der Waals surface area contributed by atoms with E-state index in [0.29, 0.717) is 15.7 Å². The Morgan fingerprint density at radius 1 is 1.24 bits per heavy atom. The van der Waals surface area contributed by atoms with Gasteiger partial charge in [0.2, 0.25) is 0 Å². The van der Waals surface area contributed by atoms with E-state index in [-0.39, 0.29) is 21.8 Å². The van der Waals surface area contributed by atoms with Crippen LogP contribution in [0.15, 0.2) is 27.3 Å². The molecule has 0 bridgehead atoms. The second-order valence-corrected chi connectivity index (χ2v) is 6.83. The molecular formula is C15H14Br2F2N4O2. The van der Waals surface area contributed by atoms with Gasteiger partial charge in [0.25, 0.3) is 18.2 Å². The van der Waals surface area contributed by atoms with Crippen molar-refractivity contribution in [2.24, 2.45) is 0 Å². The molecule has 0 spiro atoms. The van der Waals surface area contributed by atoms with Crippen LogP contribution in [0.1, 0.15) is 26.4 Å². The quantitative estimate of drug-likeness (QED) is 0.688. The first-order valence-corrected chi connectivity index (χ1v) is 8.66. The van der Waals surface area contributed by atoms with Gasteiger partial charge in [0.15, 0.2) is 0 Å². The van der Waals surface area contributed by atoms with Crippen molar-refractivity contribution in [3.05, 3.63) is 44.1 Å². The molecule has 0 aliphatic carbocycles. The zero-order chi connectivity index (χ0) is 18.7. The molecule has 6 nitrogen and oxygen atoms in total. The summed E-state index contributed by atoms with van der Waals surface area (Å²) in [7, 11) is 1.47. The van der Waals surface area contributed by atoms with Crippen molar-refractivity contribution in [1.82, 2.24) is 15.1 Å². The lowest BCUT2D eigenvalue weighted by molar-refractivity contribution is 0.0963. The summed E-state index contributed by atoms with van der Waals surface area (Å²) < 4.78 is 27.2. The molecule has 1 heterocycles. The van der Waals surface area contributed by atoms with Crippen LogP contribution in [0.4, 0.5) is 14.5 Å². The van der Waals surface area contributed by atoms with E-state index in [1.165, 1.54) is 13.1 Å². The fourth-order valence-electron chi connectivity index (χ4n) is 2.24. The number of hydrogen-bond donors (Lipinski definition) is 2. The number of aryl methyl sites for hydroxylation is 1. The summed E-state index contributed by atoms with van der Waals surface area (Å²) in [6.07, 6.45) is -2.66. The van der Waals surface area contributed by atoms with Gasteiger partial charge in [0, 0.05) is 17.6 Å². The number of amides is 2. The lowest BCUT2D eigenvalue weighted by Gasteiger charge is -2.14. The third-order valence-corrected chi connectivity index (χ3v) is 4.15. The van der Waals surface area contributed by atoms with Crippen molar-refractivity contribution in [2.45, 2.75) is 19.9 Å². The Morgan fingerprint density at radius 2 is 1.92 bits per heavy atom. The number of halogens is 4. The second-order valence-electron chi connectivity index (χ2n) is 5.10. The fourth-order valence-corrected chi connectivity index (χ4v) is 3.22. The normalized spacial score (nSPS) is 10.8. The largest absolute Gasteiger partial charge is 0.355 e. The van der Waals surface area contributed by atoms with Crippen LogP contribution in [0.3, 0.4) is 0 Å². The van der Waals surface area contributed by atoms with Crippen molar-refractivity contribution in [3.8, 4) is 0 Å². The molecule has 25 heavy (non-hydrogen) atoms. The maximum absolute atomic E-state index is 12.7.